The number of amides is 1. The van der Waals surface area contributed by atoms with Crippen LogP contribution in [0, 0.1) is 5.92 Å². The first-order chi connectivity index (χ1) is 19.3. The minimum absolute atomic E-state index is 0.148. The van der Waals surface area contributed by atoms with Gasteiger partial charge in [0, 0.05) is 18.0 Å². The number of aryl methyl sites for hydroxylation is 1. The lowest BCUT2D eigenvalue weighted by molar-refractivity contribution is -0.149. The number of rotatable bonds is 21. The second-order valence-corrected chi connectivity index (χ2v) is 11.5. The molecule has 2 atom stereocenters. The maximum atomic E-state index is 12.8. The quantitative estimate of drug-likeness (QED) is 0.119. The van der Waals surface area contributed by atoms with Gasteiger partial charge in [0.2, 0.25) is 0 Å². The molecule has 2 unspecified atom stereocenters. The molecule has 228 valence electrons. The second-order valence-electron chi connectivity index (χ2n) is 11.5. The van der Waals surface area contributed by atoms with Crippen molar-refractivity contribution in [2.45, 2.75) is 148 Å². The Hall–Kier alpha value is -2.05. The molecule has 7 heteroatoms. The Labute approximate surface area is 240 Å². The van der Waals surface area contributed by atoms with E-state index in [0.717, 1.165) is 70.6 Å². The Bertz CT molecular complexity index is 825. The SMILES string of the molecule is CCCCCCCCCCOC(=O)C1CCCC1NC(=O)c1ccc(CCCCCCCCCC(F)(F)F)cc1. The van der Waals surface area contributed by atoms with Crippen LogP contribution < -0.4 is 5.32 Å². The Morgan fingerprint density at radius 2 is 1.38 bits per heavy atom. The van der Waals surface area contributed by atoms with Crippen LogP contribution in [0.2, 0.25) is 0 Å². The molecule has 0 aliphatic heterocycles. The van der Waals surface area contributed by atoms with E-state index in [1.54, 1.807) is 0 Å². The van der Waals surface area contributed by atoms with Gasteiger partial charge in [-0.15, -0.1) is 0 Å². The first-order valence-electron chi connectivity index (χ1n) is 15.9. The third-order valence-electron chi connectivity index (χ3n) is 8.02. The fraction of sp³-hybridized carbons (Fsp3) is 0.758. The van der Waals surface area contributed by atoms with Gasteiger partial charge in [-0.3, -0.25) is 9.59 Å². The number of carbonyl (C=O) groups excluding carboxylic acids is 2. The molecule has 0 spiro atoms. The van der Waals surface area contributed by atoms with Gasteiger partial charge in [0.05, 0.1) is 12.5 Å². The standard InChI is InChI=1S/C33H52F3NO3/c1-2-3-4-5-6-10-13-16-26-40-32(39)29-19-17-20-30(29)37-31(38)28-23-21-27(22-24-28)18-14-11-8-7-9-12-15-25-33(34,35)36/h21-24,29-30H,2-20,25-26H2,1H3,(H,37,38). The number of ether oxygens (including phenoxy) is 1. The van der Waals surface area contributed by atoms with Crippen LogP contribution in [-0.4, -0.2) is 30.7 Å². The number of carbonyl (C=O) groups is 2. The predicted octanol–water partition coefficient (Wildman–Crippen LogP) is 9.49. The molecule has 40 heavy (non-hydrogen) atoms. The molecular weight excluding hydrogens is 515 g/mol. The van der Waals surface area contributed by atoms with Crippen LogP contribution in [0.1, 0.15) is 145 Å². The Morgan fingerprint density at radius 1 is 0.800 bits per heavy atom. The third kappa shape index (κ3) is 15.1. The smallest absolute Gasteiger partial charge is 0.389 e. The van der Waals surface area contributed by atoms with E-state index in [2.05, 4.69) is 12.2 Å². The monoisotopic (exact) mass is 567 g/mol. The zero-order valence-corrected chi connectivity index (χ0v) is 24.7. The van der Waals surface area contributed by atoms with Crippen LogP contribution in [-0.2, 0) is 16.0 Å². The van der Waals surface area contributed by atoms with Gasteiger partial charge in [-0.05, 0) is 56.2 Å². The molecular formula is C33H52F3NO3. The lowest BCUT2D eigenvalue weighted by Crippen LogP contribution is -2.40. The van der Waals surface area contributed by atoms with Gasteiger partial charge in [0.15, 0.2) is 0 Å². The molecule has 0 heterocycles. The van der Waals surface area contributed by atoms with Crippen LogP contribution in [0.25, 0.3) is 0 Å². The van der Waals surface area contributed by atoms with Gasteiger partial charge in [-0.1, -0.05) is 103 Å². The average molecular weight is 568 g/mol. The summed E-state index contributed by atoms with van der Waals surface area (Å²) in [5.74, 6) is -0.589. The number of unbranched alkanes of at least 4 members (excludes halogenated alkanes) is 13. The number of nitrogens with one attached hydrogen (secondary N) is 1. The summed E-state index contributed by atoms with van der Waals surface area (Å²) in [6.45, 7) is 2.69. The van der Waals surface area contributed by atoms with Gasteiger partial charge in [0.25, 0.3) is 5.91 Å². The fourth-order valence-corrected chi connectivity index (χ4v) is 5.54. The van der Waals surface area contributed by atoms with Crippen LogP contribution in [0.4, 0.5) is 13.2 Å². The highest BCUT2D eigenvalue weighted by atomic mass is 19.4. The summed E-state index contributed by atoms with van der Waals surface area (Å²) in [5.41, 5.74) is 1.77. The molecule has 1 aromatic carbocycles. The van der Waals surface area contributed by atoms with E-state index >= 15 is 0 Å². The van der Waals surface area contributed by atoms with Crippen molar-refractivity contribution in [1.82, 2.24) is 5.32 Å². The van der Waals surface area contributed by atoms with Crippen LogP contribution >= 0.6 is 0 Å². The summed E-state index contributed by atoms with van der Waals surface area (Å²) >= 11 is 0. The first kappa shape index (κ1) is 34.2. The molecule has 0 bridgehead atoms. The van der Waals surface area contributed by atoms with Crippen molar-refractivity contribution in [3.05, 3.63) is 35.4 Å². The molecule has 4 nitrogen and oxygen atoms in total. The number of hydrogen-bond donors (Lipinski definition) is 1. The van der Waals surface area contributed by atoms with Crippen molar-refractivity contribution in [3.63, 3.8) is 0 Å². The van der Waals surface area contributed by atoms with Gasteiger partial charge >= 0.3 is 12.1 Å². The topological polar surface area (TPSA) is 55.4 Å². The van der Waals surface area contributed by atoms with Crippen molar-refractivity contribution < 1.29 is 27.5 Å². The van der Waals surface area contributed by atoms with Crippen LogP contribution in [0.15, 0.2) is 24.3 Å². The van der Waals surface area contributed by atoms with Crippen molar-refractivity contribution >= 4 is 11.9 Å². The largest absolute Gasteiger partial charge is 0.465 e. The highest BCUT2D eigenvalue weighted by Crippen LogP contribution is 2.27. The third-order valence-corrected chi connectivity index (χ3v) is 8.02. The van der Waals surface area contributed by atoms with Gasteiger partial charge in [0.1, 0.15) is 0 Å². The zero-order valence-electron chi connectivity index (χ0n) is 24.7. The first-order valence-corrected chi connectivity index (χ1v) is 15.9. The number of hydrogen-bond acceptors (Lipinski definition) is 3. The van der Waals surface area contributed by atoms with E-state index in [4.69, 9.17) is 4.74 Å². The van der Waals surface area contributed by atoms with E-state index in [-0.39, 0.29) is 30.3 Å². The summed E-state index contributed by atoms with van der Waals surface area (Å²) < 4.78 is 42.0. The molecule has 1 aliphatic rings. The minimum atomic E-state index is -4.03. The molecule has 1 aromatic rings. The van der Waals surface area contributed by atoms with E-state index in [1.807, 2.05) is 24.3 Å². The normalized spacial score (nSPS) is 17.2. The number of halogens is 3. The highest BCUT2D eigenvalue weighted by Gasteiger charge is 2.35. The van der Waals surface area contributed by atoms with Crippen LogP contribution in [0.3, 0.4) is 0 Å². The minimum Gasteiger partial charge on any atom is -0.465 e. The summed E-state index contributed by atoms with van der Waals surface area (Å²) in [5, 5.41) is 3.07. The Morgan fingerprint density at radius 3 is 2.00 bits per heavy atom. The van der Waals surface area contributed by atoms with Crippen molar-refractivity contribution in [2.75, 3.05) is 6.61 Å². The molecule has 0 aromatic heterocycles. The van der Waals surface area contributed by atoms with E-state index in [1.165, 1.54) is 44.1 Å². The fourth-order valence-electron chi connectivity index (χ4n) is 5.54. The van der Waals surface area contributed by atoms with Crippen molar-refractivity contribution in [3.8, 4) is 0 Å². The molecule has 0 radical (unpaired) electrons. The lowest BCUT2D eigenvalue weighted by Gasteiger charge is -2.20. The van der Waals surface area contributed by atoms with Gasteiger partial charge in [-0.2, -0.15) is 13.2 Å². The second kappa shape index (κ2) is 19.9. The maximum absolute atomic E-state index is 12.8. The average Bonchev–Trinajstić information content (AvgIpc) is 3.39. The molecule has 1 amide bonds. The molecule has 0 saturated heterocycles. The Kier molecular flexibility index (Phi) is 17.0. The summed E-state index contributed by atoms with van der Waals surface area (Å²) in [4.78, 5) is 25.5. The molecule has 2 rings (SSSR count). The summed E-state index contributed by atoms with van der Waals surface area (Å²) in [7, 11) is 0. The molecule has 1 N–H and O–H groups in total. The zero-order chi connectivity index (χ0) is 29.1. The summed E-state index contributed by atoms with van der Waals surface area (Å²) in [6, 6.07) is 7.48. The van der Waals surface area contributed by atoms with Crippen molar-refractivity contribution in [2.24, 2.45) is 5.92 Å². The van der Waals surface area contributed by atoms with Gasteiger partial charge in [-0.25, -0.2) is 0 Å². The predicted molar refractivity (Wildman–Crippen MR) is 155 cm³/mol. The maximum Gasteiger partial charge on any atom is 0.389 e. The number of benzene rings is 1. The molecule has 1 fully saturated rings. The van der Waals surface area contributed by atoms with Crippen molar-refractivity contribution in [1.29, 1.82) is 0 Å². The van der Waals surface area contributed by atoms with E-state index in [9.17, 15) is 22.8 Å². The molecule has 1 aliphatic carbocycles. The van der Waals surface area contributed by atoms with Crippen LogP contribution in [0.5, 0.6) is 0 Å². The number of esters is 1. The van der Waals surface area contributed by atoms with E-state index in [0.29, 0.717) is 18.6 Å². The highest BCUT2D eigenvalue weighted by molar-refractivity contribution is 5.94. The number of alkyl halides is 3. The summed E-state index contributed by atoms with van der Waals surface area (Å²) in [6.07, 6.45) is 14.1. The molecule has 1 saturated carbocycles. The van der Waals surface area contributed by atoms with E-state index < -0.39 is 12.6 Å². The van der Waals surface area contributed by atoms with Gasteiger partial charge < -0.3 is 10.1 Å². The Balaban J connectivity index is 1.59. The lowest BCUT2D eigenvalue weighted by atomic mass is 10.0.